The van der Waals surface area contributed by atoms with Gasteiger partial charge in [0.15, 0.2) is 15.8 Å². The van der Waals surface area contributed by atoms with Crippen LogP contribution in [0.15, 0.2) is 52.4 Å². The second-order valence-electron chi connectivity index (χ2n) is 7.38. The highest BCUT2D eigenvalue weighted by Gasteiger charge is 2.11. The van der Waals surface area contributed by atoms with Crippen molar-refractivity contribution in [3.8, 4) is 0 Å². The minimum Gasteiger partial charge on any atom is -0.357 e. The largest absolute Gasteiger partial charge is 0.357 e. The summed E-state index contributed by atoms with van der Waals surface area (Å²) in [6, 6.07) is 12.8. The fourth-order valence-corrected chi connectivity index (χ4v) is 4.05. The van der Waals surface area contributed by atoms with Crippen LogP contribution in [0.4, 0.5) is 0 Å². The Morgan fingerprint density at radius 2 is 1.75 bits per heavy atom. The molecule has 2 rings (SSSR count). The molecule has 0 spiro atoms. The highest BCUT2D eigenvalue weighted by molar-refractivity contribution is 14.0. The first-order valence-electron chi connectivity index (χ1n) is 10.4. The van der Waals surface area contributed by atoms with Gasteiger partial charge in [-0.2, -0.15) is 0 Å². The summed E-state index contributed by atoms with van der Waals surface area (Å²) in [5, 5.41) is 9.35. The SMILES string of the molecule is CCCNC(=O)c1cccc(CN=C(NCC)NCc2ccc(S(C)(=O)=O)c(C)c2)c1.I. The summed E-state index contributed by atoms with van der Waals surface area (Å²) in [5.41, 5.74) is 3.25. The number of nitrogens with zero attached hydrogens (tertiary/aromatic N) is 1. The number of sulfone groups is 1. The first kappa shape index (κ1) is 27.9. The summed E-state index contributed by atoms with van der Waals surface area (Å²) in [4.78, 5) is 17.1. The van der Waals surface area contributed by atoms with Crippen molar-refractivity contribution in [3.05, 3.63) is 64.7 Å². The predicted octanol–water partition coefficient (Wildman–Crippen LogP) is 3.41. The predicted molar refractivity (Wildman–Crippen MR) is 140 cm³/mol. The maximum atomic E-state index is 12.2. The molecule has 2 aromatic carbocycles. The Balaban J connectivity index is 0.00000512. The molecule has 0 aliphatic carbocycles. The van der Waals surface area contributed by atoms with Crippen molar-refractivity contribution in [2.45, 2.75) is 45.2 Å². The van der Waals surface area contributed by atoms with E-state index in [9.17, 15) is 13.2 Å². The summed E-state index contributed by atoms with van der Waals surface area (Å²) >= 11 is 0. The molecule has 9 heteroatoms. The topological polar surface area (TPSA) is 99.7 Å². The van der Waals surface area contributed by atoms with Gasteiger partial charge in [-0.3, -0.25) is 4.79 Å². The second kappa shape index (κ2) is 13.4. The summed E-state index contributed by atoms with van der Waals surface area (Å²) < 4.78 is 23.6. The van der Waals surface area contributed by atoms with Gasteiger partial charge < -0.3 is 16.0 Å². The molecule has 176 valence electrons. The minimum atomic E-state index is -3.23. The first-order valence-corrected chi connectivity index (χ1v) is 12.3. The van der Waals surface area contributed by atoms with Crippen molar-refractivity contribution >= 4 is 45.7 Å². The molecule has 0 aliphatic heterocycles. The zero-order valence-corrected chi connectivity index (χ0v) is 22.2. The molecule has 0 radical (unpaired) electrons. The quantitative estimate of drug-likeness (QED) is 0.243. The molecular weight excluding hydrogens is 539 g/mol. The Morgan fingerprint density at radius 1 is 1.00 bits per heavy atom. The lowest BCUT2D eigenvalue weighted by atomic mass is 10.1. The van der Waals surface area contributed by atoms with E-state index in [0.717, 1.165) is 23.1 Å². The third-order valence-corrected chi connectivity index (χ3v) is 5.84. The lowest BCUT2D eigenvalue weighted by molar-refractivity contribution is 0.0953. The Hall–Kier alpha value is -2.14. The van der Waals surface area contributed by atoms with Gasteiger partial charge in [-0.25, -0.2) is 13.4 Å². The molecule has 7 nitrogen and oxygen atoms in total. The molecule has 0 bridgehead atoms. The molecular formula is C23H33IN4O3S. The van der Waals surface area contributed by atoms with Crippen molar-refractivity contribution in [3.63, 3.8) is 0 Å². The van der Waals surface area contributed by atoms with E-state index < -0.39 is 9.84 Å². The van der Waals surface area contributed by atoms with Crippen LogP contribution >= 0.6 is 24.0 Å². The summed E-state index contributed by atoms with van der Waals surface area (Å²) in [6.07, 6.45) is 2.11. The smallest absolute Gasteiger partial charge is 0.251 e. The van der Waals surface area contributed by atoms with Crippen LogP contribution in [-0.4, -0.2) is 39.6 Å². The molecule has 1 amide bonds. The number of hydrogen-bond acceptors (Lipinski definition) is 4. The number of benzene rings is 2. The lowest BCUT2D eigenvalue weighted by Gasteiger charge is -2.13. The van der Waals surface area contributed by atoms with Gasteiger partial charge in [-0.1, -0.05) is 31.2 Å². The van der Waals surface area contributed by atoms with Crippen molar-refractivity contribution in [2.75, 3.05) is 19.3 Å². The highest BCUT2D eigenvalue weighted by atomic mass is 127. The van der Waals surface area contributed by atoms with Crippen molar-refractivity contribution in [1.29, 1.82) is 0 Å². The normalized spacial score (nSPS) is 11.4. The van der Waals surface area contributed by atoms with Crippen molar-refractivity contribution in [2.24, 2.45) is 4.99 Å². The van der Waals surface area contributed by atoms with Crippen molar-refractivity contribution < 1.29 is 13.2 Å². The number of halogens is 1. The number of hydrogen-bond donors (Lipinski definition) is 3. The summed E-state index contributed by atoms with van der Waals surface area (Å²) in [5.74, 6) is 0.568. The molecule has 32 heavy (non-hydrogen) atoms. The average Bonchev–Trinajstić information content (AvgIpc) is 2.73. The molecule has 0 saturated heterocycles. The van der Waals surface area contributed by atoms with Crippen LogP contribution in [0.1, 0.15) is 47.3 Å². The molecule has 2 aromatic rings. The number of aryl methyl sites for hydroxylation is 1. The van der Waals surface area contributed by atoms with Gasteiger partial charge in [0.05, 0.1) is 11.4 Å². The maximum absolute atomic E-state index is 12.2. The van der Waals surface area contributed by atoms with E-state index in [1.807, 2.05) is 38.1 Å². The molecule has 0 saturated carbocycles. The minimum absolute atomic E-state index is 0. The fraction of sp³-hybridized carbons (Fsp3) is 0.391. The lowest BCUT2D eigenvalue weighted by Crippen LogP contribution is -2.36. The van der Waals surface area contributed by atoms with Gasteiger partial charge in [0.2, 0.25) is 0 Å². The van der Waals surface area contributed by atoms with E-state index in [4.69, 9.17) is 0 Å². The molecule has 0 aromatic heterocycles. The molecule has 0 unspecified atom stereocenters. The molecule has 0 aliphatic rings. The van der Waals surface area contributed by atoms with Crippen LogP contribution in [0.25, 0.3) is 0 Å². The Morgan fingerprint density at radius 3 is 2.38 bits per heavy atom. The van der Waals surface area contributed by atoms with Crippen molar-refractivity contribution in [1.82, 2.24) is 16.0 Å². The monoisotopic (exact) mass is 572 g/mol. The number of carbonyl (C=O) groups is 1. The van der Waals surface area contributed by atoms with Crippen LogP contribution in [0.5, 0.6) is 0 Å². The van der Waals surface area contributed by atoms with Crippen LogP contribution in [-0.2, 0) is 22.9 Å². The third kappa shape index (κ3) is 8.78. The first-order chi connectivity index (χ1) is 14.7. The molecule has 0 heterocycles. The molecule has 0 fully saturated rings. The summed E-state index contributed by atoms with van der Waals surface area (Å²) in [7, 11) is -3.23. The fourth-order valence-electron chi connectivity index (χ4n) is 3.09. The second-order valence-corrected chi connectivity index (χ2v) is 9.36. The van der Waals surface area contributed by atoms with Crippen LogP contribution < -0.4 is 16.0 Å². The Kier molecular flexibility index (Phi) is 11.7. The van der Waals surface area contributed by atoms with E-state index >= 15 is 0 Å². The Labute approximate surface area is 208 Å². The molecule has 3 N–H and O–H groups in total. The third-order valence-electron chi connectivity index (χ3n) is 4.59. The van der Waals surface area contributed by atoms with E-state index in [-0.39, 0.29) is 29.9 Å². The Bertz CT molecular complexity index is 1040. The van der Waals surface area contributed by atoms with Gasteiger partial charge >= 0.3 is 0 Å². The zero-order chi connectivity index (χ0) is 22.9. The summed E-state index contributed by atoms with van der Waals surface area (Å²) in [6.45, 7) is 8.09. The number of aliphatic imine (C=N–C) groups is 1. The molecule has 0 atom stereocenters. The average molecular weight is 573 g/mol. The maximum Gasteiger partial charge on any atom is 0.251 e. The van der Waals surface area contributed by atoms with Crippen LogP contribution in [0.3, 0.4) is 0 Å². The zero-order valence-electron chi connectivity index (χ0n) is 19.1. The van der Waals surface area contributed by atoms with Gasteiger partial charge in [0, 0.05) is 31.5 Å². The standard InChI is InChI=1S/C23H32N4O3S.HI/c1-5-12-25-22(28)20-9-7-8-18(14-20)15-26-23(24-6-2)27-16-19-10-11-21(17(3)13-19)31(4,29)30;/h7-11,13-14H,5-6,12,15-16H2,1-4H3,(H,25,28)(H2,24,26,27);1H. The van der Waals surface area contributed by atoms with Crippen LogP contribution in [0, 0.1) is 6.92 Å². The number of rotatable bonds is 9. The number of amides is 1. The van der Waals surface area contributed by atoms with Gasteiger partial charge in [-0.05, 0) is 55.2 Å². The van der Waals surface area contributed by atoms with Crippen LogP contribution in [0.2, 0.25) is 0 Å². The number of nitrogens with one attached hydrogen (secondary N) is 3. The highest BCUT2D eigenvalue weighted by Crippen LogP contribution is 2.16. The number of guanidine groups is 1. The number of carbonyl (C=O) groups excluding carboxylic acids is 1. The van der Waals surface area contributed by atoms with Gasteiger partial charge in [0.1, 0.15) is 0 Å². The van der Waals surface area contributed by atoms with E-state index in [0.29, 0.717) is 42.6 Å². The van der Waals surface area contributed by atoms with Gasteiger partial charge in [0.25, 0.3) is 5.91 Å². The van der Waals surface area contributed by atoms with E-state index in [1.165, 1.54) is 6.26 Å². The van der Waals surface area contributed by atoms with E-state index in [2.05, 4.69) is 20.9 Å². The van der Waals surface area contributed by atoms with E-state index in [1.54, 1.807) is 25.1 Å². The van der Waals surface area contributed by atoms with Gasteiger partial charge in [-0.15, -0.1) is 24.0 Å².